The van der Waals surface area contributed by atoms with Crippen molar-refractivity contribution in [2.75, 3.05) is 0 Å². The molecule has 1 heterocycles. The zero-order valence-corrected chi connectivity index (χ0v) is 15.0. The van der Waals surface area contributed by atoms with Crippen LogP contribution in [0.2, 0.25) is 0 Å². The Bertz CT molecular complexity index is 974. The lowest BCUT2D eigenvalue weighted by Crippen LogP contribution is -2.24. The first-order valence-electron chi connectivity index (χ1n) is 8.48. The summed E-state index contributed by atoms with van der Waals surface area (Å²) in [6.45, 7) is 1.81. The molecular weight excluding hydrogens is 364 g/mol. The van der Waals surface area contributed by atoms with E-state index in [9.17, 15) is 13.6 Å². The van der Waals surface area contributed by atoms with E-state index in [2.05, 4.69) is 15.3 Å². The predicted molar refractivity (Wildman–Crippen MR) is 100 cm³/mol. The minimum absolute atomic E-state index is 0.264. The Balaban J connectivity index is 1.63. The molecule has 7 heteroatoms. The summed E-state index contributed by atoms with van der Waals surface area (Å²) in [6, 6.07) is 9.95. The summed E-state index contributed by atoms with van der Waals surface area (Å²) in [6.07, 6.45) is 7.15. The lowest BCUT2D eigenvalue weighted by atomic mass is 10.1. The molecule has 1 atom stereocenters. The first-order valence-corrected chi connectivity index (χ1v) is 8.48. The summed E-state index contributed by atoms with van der Waals surface area (Å²) in [5.74, 6) is -0.870. The Morgan fingerprint density at radius 3 is 2.64 bits per heavy atom. The second-order valence-corrected chi connectivity index (χ2v) is 5.98. The second-order valence-electron chi connectivity index (χ2n) is 5.98. The molecule has 1 amide bonds. The monoisotopic (exact) mass is 381 g/mol. The molecule has 1 aromatic heterocycles. The Kier molecular flexibility index (Phi) is 6.06. The fourth-order valence-electron chi connectivity index (χ4n) is 2.49. The van der Waals surface area contributed by atoms with Crippen molar-refractivity contribution >= 4 is 12.0 Å². The molecule has 1 N–H and O–H groups in total. The third-order valence-corrected chi connectivity index (χ3v) is 3.79. The molecule has 1 unspecified atom stereocenters. The first-order chi connectivity index (χ1) is 13.5. The van der Waals surface area contributed by atoms with Gasteiger partial charge >= 0.3 is 0 Å². The van der Waals surface area contributed by atoms with Gasteiger partial charge in [-0.15, -0.1) is 0 Å². The lowest BCUT2D eigenvalue weighted by Gasteiger charge is -2.14. The van der Waals surface area contributed by atoms with E-state index < -0.39 is 17.5 Å². The van der Waals surface area contributed by atoms with Gasteiger partial charge in [-0.2, -0.15) is 0 Å². The van der Waals surface area contributed by atoms with Gasteiger partial charge in [0, 0.05) is 24.5 Å². The summed E-state index contributed by atoms with van der Waals surface area (Å²) in [5, 5.41) is 2.79. The van der Waals surface area contributed by atoms with Crippen LogP contribution in [-0.2, 0) is 4.79 Å². The zero-order chi connectivity index (χ0) is 19.9. The van der Waals surface area contributed by atoms with Crippen molar-refractivity contribution in [3.8, 4) is 11.6 Å². The highest BCUT2D eigenvalue weighted by Gasteiger charge is 2.09. The molecular formula is C21H17F2N3O2. The second kappa shape index (κ2) is 8.85. The largest absolute Gasteiger partial charge is 0.437 e. The van der Waals surface area contributed by atoms with Crippen molar-refractivity contribution in [2.24, 2.45) is 0 Å². The highest BCUT2D eigenvalue weighted by molar-refractivity contribution is 5.91. The van der Waals surface area contributed by atoms with Crippen molar-refractivity contribution in [1.82, 2.24) is 15.3 Å². The molecule has 0 saturated carbocycles. The third kappa shape index (κ3) is 5.44. The number of rotatable bonds is 6. The van der Waals surface area contributed by atoms with E-state index in [0.717, 1.165) is 23.8 Å². The van der Waals surface area contributed by atoms with E-state index in [0.29, 0.717) is 11.6 Å². The fourth-order valence-corrected chi connectivity index (χ4v) is 2.49. The van der Waals surface area contributed by atoms with Crippen LogP contribution in [0.3, 0.4) is 0 Å². The molecule has 0 aliphatic carbocycles. The number of carbonyl (C=O) groups is 1. The average Bonchev–Trinajstić information content (AvgIpc) is 2.67. The van der Waals surface area contributed by atoms with Gasteiger partial charge in [0.05, 0.1) is 12.2 Å². The smallest absolute Gasteiger partial charge is 0.244 e. The number of carbonyl (C=O) groups excluding carboxylic acids is 1. The number of nitrogens with one attached hydrogen (secondary N) is 1. The number of nitrogens with zero attached hydrogens (tertiary/aromatic N) is 2. The van der Waals surface area contributed by atoms with Gasteiger partial charge < -0.3 is 10.1 Å². The first kappa shape index (κ1) is 19.2. The number of ether oxygens (including phenoxy) is 1. The predicted octanol–water partition coefficient (Wildman–Crippen LogP) is 4.44. The van der Waals surface area contributed by atoms with Gasteiger partial charge in [-0.3, -0.25) is 9.78 Å². The Hall–Kier alpha value is -3.61. The lowest BCUT2D eigenvalue weighted by molar-refractivity contribution is -0.117. The van der Waals surface area contributed by atoms with Crippen LogP contribution in [0, 0.1) is 11.6 Å². The molecule has 3 aromatic rings. The van der Waals surface area contributed by atoms with Gasteiger partial charge in [0.15, 0.2) is 0 Å². The maximum Gasteiger partial charge on any atom is 0.244 e. The molecule has 0 spiro atoms. The van der Waals surface area contributed by atoms with Crippen LogP contribution in [0.1, 0.15) is 24.1 Å². The summed E-state index contributed by atoms with van der Waals surface area (Å²) in [5.41, 5.74) is 1.08. The molecule has 0 aliphatic rings. The standard InChI is InChI=1S/C21H17F2N3O2/c1-14(26-20(27)6-5-15-9-17(22)12-18(23)10-15)16-3-2-4-19(11-16)28-21-13-24-7-8-25-21/h2-14H,1H3,(H,26,27)/b6-5+. The molecule has 0 saturated heterocycles. The number of aromatic nitrogens is 2. The van der Waals surface area contributed by atoms with Crippen LogP contribution >= 0.6 is 0 Å². The molecule has 0 bridgehead atoms. The molecule has 3 rings (SSSR count). The zero-order valence-electron chi connectivity index (χ0n) is 15.0. The van der Waals surface area contributed by atoms with Crippen LogP contribution in [-0.4, -0.2) is 15.9 Å². The van der Waals surface area contributed by atoms with Crippen molar-refractivity contribution in [1.29, 1.82) is 0 Å². The molecule has 0 radical (unpaired) electrons. The summed E-state index contributed by atoms with van der Waals surface area (Å²) < 4.78 is 32.0. The highest BCUT2D eigenvalue weighted by atomic mass is 19.1. The minimum atomic E-state index is -0.701. The van der Waals surface area contributed by atoms with Gasteiger partial charge in [-0.05, 0) is 48.4 Å². The van der Waals surface area contributed by atoms with Crippen molar-refractivity contribution in [2.45, 2.75) is 13.0 Å². The fraction of sp³-hybridized carbons (Fsp3) is 0.0952. The van der Waals surface area contributed by atoms with Crippen LogP contribution in [0.4, 0.5) is 8.78 Å². The molecule has 0 fully saturated rings. The van der Waals surface area contributed by atoms with E-state index in [-0.39, 0.29) is 11.6 Å². The maximum atomic E-state index is 13.2. The van der Waals surface area contributed by atoms with Gasteiger partial charge in [-0.25, -0.2) is 13.8 Å². The van der Waals surface area contributed by atoms with Gasteiger partial charge in [-0.1, -0.05) is 12.1 Å². The van der Waals surface area contributed by atoms with E-state index in [1.54, 1.807) is 24.4 Å². The highest BCUT2D eigenvalue weighted by Crippen LogP contribution is 2.23. The van der Waals surface area contributed by atoms with Crippen LogP contribution in [0.5, 0.6) is 11.6 Å². The van der Waals surface area contributed by atoms with Gasteiger partial charge in [0.25, 0.3) is 0 Å². The molecule has 0 aliphatic heterocycles. The summed E-state index contributed by atoms with van der Waals surface area (Å²) in [7, 11) is 0. The number of benzene rings is 2. The molecule has 28 heavy (non-hydrogen) atoms. The number of amides is 1. The molecule has 142 valence electrons. The van der Waals surface area contributed by atoms with Crippen molar-refractivity contribution in [3.63, 3.8) is 0 Å². The summed E-state index contributed by atoms with van der Waals surface area (Å²) in [4.78, 5) is 20.1. The Labute approximate surface area is 160 Å². The average molecular weight is 381 g/mol. The van der Waals surface area contributed by atoms with E-state index >= 15 is 0 Å². The van der Waals surface area contributed by atoms with Gasteiger partial charge in [0.2, 0.25) is 11.8 Å². The van der Waals surface area contributed by atoms with E-state index in [1.807, 2.05) is 13.0 Å². The maximum absolute atomic E-state index is 13.2. The topological polar surface area (TPSA) is 64.1 Å². The number of halogens is 2. The number of hydrogen-bond acceptors (Lipinski definition) is 4. The van der Waals surface area contributed by atoms with Crippen molar-refractivity contribution in [3.05, 3.63) is 89.9 Å². The van der Waals surface area contributed by atoms with E-state index in [1.165, 1.54) is 24.5 Å². The SMILES string of the molecule is CC(NC(=O)/C=C/c1cc(F)cc(F)c1)c1cccc(Oc2cnccn2)c1. The van der Waals surface area contributed by atoms with Crippen LogP contribution < -0.4 is 10.1 Å². The minimum Gasteiger partial charge on any atom is -0.437 e. The van der Waals surface area contributed by atoms with Crippen molar-refractivity contribution < 1.29 is 18.3 Å². The third-order valence-electron chi connectivity index (χ3n) is 3.79. The van der Waals surface area contributed by atoms with E-state index in [4.69, 9.17) is 4.74 Å². The quantitative estimate of drug-likeness (QED) is 0.641. The molecule has 2 aromatic carbocycles. The van der Waals surface area contributed by atoms with Gasteiger partial charge in [0.1, 0.15) is 17.4 Å². The summed E-state index contributed by atoms with van der Waals surface area (Å²) >= 11 is 0. The number of hydrogen-bond donors (Lipinski definition) is 1. The Morgan fingerprint density at radius 1 is 1.14 bits per heavy atom. The normalized spacial score (nSPS) is 12.0. The van der Waals surface area contributed by atoms with Crippen LogP contribution in [0.25, 0.3) is 6.08 Å². The van der Waals surface area contributed by atoms with Crippen LogP contribution in [0.15, 0.2) is 67.1 Å². The Morgan fingerprint density at radius 2 is 1.93 bits per heavy atom. The molecule has 5 nitrogen and oxygen atoms in total.